The first-order chi connectivity index (χ1) is 4.20. The van der Waals surface area contributed by atoms with Crippen LogP contribution in [0.1, 0.15) is 0 Å². The number of carbonyl (C=O) groups excluding carboxylic acids is 1. The molecule has 0 spiro atoms. The van der Waals surface area contributed by atoms with Crippen LogP contribution in [-0.2, 0) is 4.79 Å². The fourth-order valence-corrected chi connectivity index (χ4v) is 1.24. The number of hydrogen-bond acceptors (Lipinski definition) is 2. The Morgan fingerprint density at radius 3 is 2.67 bits per heavy atom. The van der Waals surface area contributed by atoms with E-state index in [-0.39, 0.29) is 5.91 Å². The number of amides is 1. The SMILES string of the molecule is CN1CCN(I)CC1=O. The lowest BCUT2D eigenvalue weighted by molar-refractivity contribution is -0.131. The zero-order valence-corrected chi connectivity index (χ0v) is 7.46. The summed E-state index contributed by atoms with van der Waals surface area (Å²) in [7, 11) is 1.84. The van der Waals surface area contributed by atoms with E-state index in [0.717, 1.165) is 13.1 Å². The second-order valence-electron chi connectivity index (χ2n) is 2.16. The molecule has 1 fully saturated rings. The third-order valence-corrected chi connectivity index (χ3v) is 2.23. The quantitative estimate of drug-likeness (QED) is 0.443. The molecule has 9 heavy (non-hydrogen) atoms. The van der Waals surface area contributed by atoms with Gasteiger partial charge in [0.1, 0.15) is 0 Å². The molecule has 3 nitrogen and oxygen atoms in total. The fourth-order valence-electron chi connectivity index (χ4n) is 0.730. The largest absolute Gasteiger partial charge is 0.343 e. The van der Waals surface area contributed by atoms with Crippen molar-refractivity contribution < 1.29 is 4.79 Å². The van der Waals surface area contributed by atoms with E-state index in [1.165, 1.54) is 0 Å². The first kappa shape index (κ1) is 7.27. The van der Waals surface area contributed by atoms with E-state index < -0.39 is 0 Å². The van der Waals surface area contributed by atoms with Crippen molar-refractivity contribution in [2.24, 2.45) is 0 Å². The van der Waals surface area contributed by atoms with Gasteiger partial charge in [-0.05, 0) is 0 Å². The van der Waals surface area contributed by atoms with Gasteiger partial charge >= 0.3 is 0 Å². The molecule has 0 unspecified atom stereocenters. The number of halogens is 1. The molecule has 0 radical (unpaired) electrons. The number of likely N-dealkylation sites (N-methyl/N-ethyl adjacent to an activating group) is 1. The average Bonchev–Trinajstić information content (AvgIpc) is 1.80. The summed E-state index contributed by atoms with van der Waals surface area (Å²) >= 11 is 2.17. The van der Waals surface area contributed by atoms with Gasteiger partial charge in [0.2, 0.25) is 5.91 Å². The summed E-state index contributed by atoms with van der Waals surface area (Å²) in [5, 5.41) is 0. The Labute approximate surface area is 68.5 Å². The molecule has 0 aliphatic carbocycles. The molecule has 52 valence electrons. The summed E-state index contributed by atoms with van der Waals surface area (Å²) in [6.07, 6.45) is 0. The number of piperazine rings is 1. The van der Waals surface area contributed by atoms with Crippen LogP contribution < -0.4 is 0 Å². The van der Waals surface area contributed by atoms with Gasteiger partial charge in [-0.2, -0.15) is 0 Å². The Morgan fingerprint density at radius 2 is 2.22 bits per heavy atom. The van der Waals surface area contributed by atoms with E-state index >= 15 is 0 Å². The lowest BCUT2D eigenvalue weighted by Gasteiger charge is -2.27. The normalized spacial score (nSPS) is 22.9. The second-order valence-corrected chi connectivity index (χ2v) is 3.52. The molecule has 1 saturated heterocycles. The van der Waals surface area contributed by atoms with Crippen molar-refractivity contribution in [2.45, 2.75) is 0 Å². The maximum absolute atomic E-state index is 10.9. The van der Waals surface area contributed by atoms with Crippen LogP contribution in [0.15, 0.2) is 0 Å². The smallest absolute Gasteiger partial charge is 0.237 e. The summed E-state index contributed by atoms with van der Waals surface area (Å²) in [4.78, 5) is 12.6. The predicted octanol–water partition coefficient (Wildman–Crippen LogP) is 0.110. The molecule has 1 heterocycles. The van der Waals surface area contributed by atoms with Gasteiger partial charge in [0.15, 0.2) is 0 Å². The maximum Gasteiger partial charge on any atom is 0.237 e. The van der Waals surface area contributed by atoms with Gasteiger partial charge in [-0.1, -0.05) is 0 Å². The molecule has 1 aliphatic rings. The standard InChI is InChI=1S/C5H9IN2O/c1-7-2-3-8(6)4-5(7)9/h2-4H2,1H3. The first-order valence-corrected chi connectivity index (χ1v) is 3.81. The lowest BCUT2D eigenvalue weighted by Crippen LogP contribution is -2.44. The minimum Gasteiger partial charge on any atom is -0.343 e. The van der Waals surface area contributed by atoms with E-state index in [1.54, 1.807) is 4.90 Å². The Balaban J connectivity index is 2.44. The summed E-state index contributed by atoms with van der Waals surface area (Å²) in [6.45, 7) is 2.42. The molecule has 0 atom stereocenters. The van der Waals surface area contributed by atoms with Gasteiger partial charge in [0, 0.05) is 43.0 Å². The summed E-state index contributed by atoms with van der Waals surface area (Å²) in [5.74, 6) is 0.218. The molecular weight excluding hydrogens is 231 g/mol. The van der Waals surface area contributed by atoms with Gasteiger partial charge in [-0.25, -0.2) is 3.11 Å². The highest BCUT2D eigenvalue weighted by Crippen LogP contribution is 2.04. The molecule has 4 heteroatoms. The third-order valence-electron chi connectivity index (χ3n) is 1.41. The van der Waals surface area contributed by atoms with E-state index in [2.05, 4.69) is 22.9 Å². The number of rotatable bonds is 0. The maximum atomic E-state index is 10.9. The lowest BCUT2D eigenvalue weighted by atomic mass is 10.4. The van der Waals surface area contributed by atoms with E-state index in [0.29, 0.717) is 6.54 Å². The van der Waals surface area contributed by atoms with Crippen molar-refractivity contribution in [3.8, 4) is 0 Å². The number of nitrogens with zero attached hydrogens (tertiary/aromatic N) is 2. The first-order valence-electron chi connectivity index (χ1n) is 2.85. The van der Waals surface area contributed by atoms with Crippen LogP contribution in [0.2, 0.25) is 0 Å². The van der Waals surface area contributed by atoms with Gasteiger partial charge < -0.3 is 4.90 Å². The highest BCUT2D eigenvalue weighted by atomic mass is 127. The minimum atomic E-state index is 0.218. The molecular formula is C5H9IN2O. The van der Waals surface area contributed by atoms with Crippen LogP contribution in [0.4, 0.5) is 0 Å². The predicted molar refractivity (Wildman–Crippen MR) is 43.2 cm³/mol. The summed E-state index contributed by atoms with van der Waals surface area (Å²) in [6, 6.07) is 0. The third kappa shape index (κ3) is 1.79. The Morgan fingerprint density at radius 1 is 1.56 bits per heavy atom. The molecule has 0 aromatic rings. The molecule has 0 aromatic carbocycles. The van der Waals surface area contributed by atoms with E-state index in [1.807, 2.05) is 10.2 Å². The molecule has 0 N–H and O–H groups in total. The Hall–Kier alpha value is 0.160. The van der Waals surface area contributed by atoms with Crippen molar-refractivity contribution >= 4 is 28.8 Å². The van der Waals surface area contributed by atoms with Crippen molar-refractivity contribution in [1.29, 1.82) is 0 Å². The Kier molecular flexibility index (Phi) is 2.29. The van der Waals surface area contributed by atoms with Crippen LogP contribution >= 0.6 is 22.9 Å². The molecule has 0 aromatic heterocycles. The number of hydrogen-bond donors (Lipinski definition) is 0. The van der Waals surface area contributed by atoms with Crippen LogP contribution in [0.25, 0.3) is 0 Å². The van der Waals surface area contributed by atoms with Crippen LogP contribution in [0, 0.1) is 0 Å². The Bertz CT molecular complexity index is 128. The zero-order chi connectivity index (χ0) is 6.85. The van der Waals surface area contributed by atoms with Crippen molar-refractivity contribution in [3.05, 3.63) is 0 Å². The zero-order valence-electron chi connectivity index (χ0n) is 5.30. The summed E-state index contributed by atoms with van der Waals surface area (Å²) in [5.41, 5.74) is 0. The molecule has 1 aliphatic heterocycles. The molecule has 0 bridgehead atoms. The van der Waals surface area contributed by atoms with Gasteiger partial charge in [-0.15, -0.1) is 0 Å². The van der Waals surface area contributed by atoms with Crippen molar-refractivity contribution in [3.63, 3.8) is 0 Å². The minimum absolute atomic E-state index is 0.218. The van der Waals surface area contributed by atoms with Crippen LogP contribution in [-0.4, -0.2) is 40.6 Å². The van der Waals surface area contributed by atoms with E-state index in [9.17, 15) is 4.79 Å². The van der Waals surface area contributed by atoms with Crippen molar-refractivity contribution in [2.75, 3.05) is 26.7 Å². The topological polar surface area (TPSA) is 23.6 Å². The van der Waals surface area contributed by atoms with Gasteiger partial charge in [0.25, 0.3) is 0 Å². The van der Waals surface area contributed by atoms with Gasteiger partial charge in [0.05, 0.1) is 6.54 Å². The highest BCUT2D eigenvalue weighted by molar-refractivity contribution is 14.1. The van der Waals surface area contributed by atoms with Crippen LogP contribution in [0.3, 0.4) is 0 Å². The second kappa shape index (κ2) is 2.83. The average molecular weight is 240 g/mol. The molecule has 1 amide bonds. The van der Waals surface area contributed by atoms with Crippen molar-refractivity contribution in [1.82, 2.24) is 8.01 Å². The molecule has 1 rings (SSSR count). The number of carbonyl (C=O) groups is 1. The van der Waals surface area contributed by atoms with Crippen LogP contribution in [0.5, 0.6) is 0 Å². The summed E-state index contributed by atoms with van der Waals surface area (Å²) < 4.78 is 2.00. The highest BCUT2D eigenvalue weighted by Gasteiger charge is 2.17. The fraction of sp³-hybridized carbons (Fsp3) is 0.800. The van der Waals surface area contributed by atoms with E-state index in [4.69, 9.17) is 0 Å². The van der Waals surface area contributed by atoms with Gasteiger partial charge in [-0.3, -0.25) is 4.79 Å². The molecule has 0 saturated carbocycles. The monoisotopic (exact) mass is 240 g/mol.